The van der Waals surface area contributed by atoms with E-state index in [-0.39, 0.29) is 5.91 Å². The molecule has 0 N–H and O–H groups in total. The van der Waals surface area contributed by atoms with E-state index in [1.807, 2.05) is 11.0 Å². The highest BCUT2D eigenvalue weighted by Gasteiger charge is 2.19. The Balaban J connectivity index is 1.83. The van der Waals surface area contributed by atoms with Crippen molar-refractivity contribution in [3.8, 4) is 0 Å². The number of hydrogen-bond acceptors (Lipinski definition) is 3. The third-order valence-corrected chi connectivity index (χ3v) is 3.98. The minimum absolute atomic E-state index is 0.147. The molecule has 1 aliphatic heterocycles. The van der Waals surface area contributed by atoms with E-state index in [9.17, 15) is 4.79 Å². The molecule has 1 aliphatic rings. The van der Waals surface area contributed by atoms with Crippen LogP contribution in [0.5, 0.6) is 0 Å². The Morgan fingerprint density at radius 1 is 1.20 bits per heavy atom. The van der Waals surface area contributed by atoms with Gasteiger partial charge in [0.15, 0.2) is 0 Å². The van der Waals surface area contributed by atoms with E-state index in [4.69, 9.17) is 9.15 Å². The first-order valence-corrected chi connectivity index (χ1v) is 6.98. The van der Waals surface area contributed by atoms with Crippen molar-refractivity contribution in [2.75, 3.05) is 26.3 Å². The number of nitrogens with zero attached hydrogens (tertiary/aromatic N) is 1. The zero-order valence-electron chi connectivity index (χ0n) is 11.9. The van der Waals surface area contributed by atoms with Gasteiger partial charge in [-0.05, 0) is 37.1 Å². The Hall–Kier alpha value is -1.81. The summed E-state index contributed by atoms with van der Waals surface area (Å²) in [6.45, 7) is 6.79. The summed E-state index contributed by atoms with van der Waals surface area (Å²) in [6, 6.07) is 4.14. The Kier molecular flexibility index (Phi) is 3.49. The molecule has 3 rings (SSSR count). The fraction of sp³-hybridized carbons (Fsp3) is 0.438. The molecule has 106 valence electrons. The van der Waals surface area contributed by atoms with Crippen LogP contribution in [-0.4, -0.2) is 37.1 Å². The molecule has 20 heavy (non-hydrogen) atoms. The van der Waals surface area contributed by atoms with Gasteiger partial charge < -0.3 is 14.1 Å². The topological polar surface area (TPSA) is 42.7 Å². The molecule has 0 atom stereocenters. The second-order valence-electron chi connectivity index (χ2n) is 5.36. The van der Waals surface area contributed by atoms with Crippen LogP contribution in [-0.2, 0) is 16.0 Å². The molecule has 1 amide bonds. The average molecular weight is 273 g/mol. The molecule has 4 heteroatoms. The number of morpholine rings is 1. The lowest BCUT2D eigenvalue weighted by atomic mass is 10.0. The van der Waals surface area contributed by atoms with E-state index >= 15 is 0 Å². The van der Waals surface area contributed by atoms with Gasteiger partial charge in [0, 0.05) is 24.0 Å². The number of carbonyl (C=O) groups is 1. The molecule has 1 aromatic carbocycles. The lowest BCUT2D eigenvalue weighted by molar-refractivity contribution is -0.134. The fourth-order valence-electron chi connectivity index (χ4n) is 2.56. The maximum Gasteiger partial charge on any atom is 0.227 e. The molecule has 0 unspecified atom stereocenters. The summed E-state index contributed by atoms with van der Waals surface area (Å²) in [7, 11) is 0. The third kappa shape index (κ3) is 2.43. The normalized spacial score (nSPS) is 15.8. The van der Waals surface area contributed by atoms with Crippen molar-refractivity contribution >= 4 is 16.9 Å². The second-order valence-corrected chi connectivity index (χ2v) is 5.36. The Morgan fingerprint density at radius 3 is 2.65 bits per heavy atom. The summed E-state index contributed by atoms with van der Waals surface area (Å²) in [5.41, 5.74) is 4.26. The van der Waals surface area contributed by atoms with Crippen molar-refractivity contribution in [3.63, 3.8) is 0 Å². The first kappa shape index (κ1) is 13.2. The average Bonchev–Trinajstić information content (AvgIpc) is 2.83. The van der Waals surface area contributed by atoms with Gasteiger partial charge in [-0.2, -0.15) is 0 Å². The van der Waals surface area contributed by atoms with Crippen LogP contribution in [0.1, 0.15) is 16.7 Å². The summed E-state index contributed by atoms with van der Waals surface area (Å²) >= 11 is 0. The van der Waals surface area contributed by atoms with Crippen LogP contribution in [0.4, 0.5) is 0 Å². The van der Waals surface area contributed by atoms with Crippen LogP contribution in [0.15, 0.2) is 22.8 Å². The van der Waals surface area contributed by atoms with Crippen molar-refractivity contribution in [2.45, 2.75) is 20.3 Å². The molecule has 0 aliphatic carbocycles. The summed E-state index contributed by atoms with van der Waals surface area (Å²) < 4.78 is 10.8. The van der Waals surface area contributed by atoms with E-state index in [2.05, 4.69) is 19.9 Å². The number of carbonyl (C=O) groups excluding carboxylic acids is 1. The van der Waals surface area contributed by atoms with Gasteiger partial charge in [0.25, 0.3) is 0 Å². The predicted molar refractivity (Wildman–Crippen MR) is 76.8 cm³/mol. The van der Waals surface area contributed by atoms with Crippen molar-refractivity contribution in [3.05, 3.63) is 35.1 Å². The van der Waals surface area contributed by atoms with Gasteiger partial charge in [-0.15, -0.1) is 0 Å². The van der Waals surface area contributed by atoms with Crippen LogP contribution in [0, 0.1) is 13.8 Å². The van der Waals surface area contributed by atoms with Gasteiger partial charge in [0.2, 0.25) is 5.91 Å². The SMILES string of the molecule is Cc1cc2occ(CC(=O)N3CCOCC3)c2cc1C. The Morgan fingerprint density at radius 2 is 1.90 bits per heavy atom. The van der Waals surface area contributed by atoms with Crippen molar-refractivity contribution in [2.24, 2.45) is 0 Å². The molecule has 2 aromatic rings. The smallest absolute Gasteiger partial charge is 0.227 e. The molecule has 0 bridgehead atoms. The molecular weight excluding hydrogens is 254 g/mol. The van der Waals surface area contributed by atoms with Crippen LogP contribution in [0.25, 0.3) is 11.0 Å². The van der Waals surface area contributed by atoms with Crippen LogP contribution in [0.2, 0.25) is 0 Å². The van der Waals surface area contributed by atoms with E-state index < -0.39 is 0 Å². The summed E-state index contributed by atoms with van der Waals surface area (Å²) in [6.07, 6.45) is 2.11. The first-order valence-electron chi connectivity index (χ1n) is 6.98. The maximum absolute atomic E-state index is 12.3. The third-order valence-electron chi connectivity index (χ3n) is 3.98. The van der Waals surface area contributed by atoms with E-state index in [1.165, 1.54) is 11.1 Å². The Bertz CT molecular complexity index is 638. The van der Waals surface area contributed by atoms with Crippen LogP contribution >= 0.6 is 0 Å². The lowest BCUT2D eigenvalue weighted by Crippen LogP contribution is -2.41. The molecule has 1 saturated heterocycles. The van der Waals surface area contributed by atoms with Crippen molar-refractivity contribution in [1.29, 1.82) is 0 Å². The van der Waals surface area contributed by atoms with E-state index in [0.29, 0.717) is 32.7 Å². The Labute approximate surface area is 118 Å². The molecule has 0 saturated carbocycles. The number of benzene rings is 1. The largest absolute Gasteiger partial charge is 0.464 e. The molecule has 1 fully saturated rings. The fourth-order valence-corrected chi connectivity index (χ4v) is 2.56. The molecular formula is C16H19NO3. The number of ether oxygens (including phenoxy) is 1. The maximum atomic E-state index is 12.3. The van der Waals surface area contributed by atoms with Gasteiger partial charge >= 0.3 is 0 Å². The predicted octanol–water partition coefficient (Wildman–Crippen LogP) is 2.45. The standard InChI is InChI=1S/C16H19NO3/c1-11-7-14-13(10-20-15(14)8-12(11)2)9-16(18)17-3-5-19-6-4-17/h7-8,10H,3-6,9H2,1-2H3. The zero-order valence-corrected chi connectivity index (χ0v) is 11.9. The summed E-state index contributed by atoms with van der Waals surface area (Å²) in [5.74, 6) is 0.147. The van der Waals surface area contributed by atoms with Crippen LogP contribution in [0.3, 0.4) is 0 Å². The number of hydrogen-bond donors (Lipinski definition) is 0. The number of amides is 1. The van der Waals surface area contributed by atoms with Gasteiger partial charge in [-0.1, -0.05) is 0 Å². The van der Waals surface area contributed by atoms with Gasteiger partial charge in [-0.25, -0.2) is 0 Å². The highest BCUT2D eigenvalue weighted by Crippen LogP contribution is 2.25. The highest BCUT2D eigenvalue weighted by atomic mass is 16.5. The minimum atomic E-state index is 0.147. The van der Waals surface area contributed by atoms with Gasteiger partial charge in [0.1, 0.15) is 5.58 Å². The second kappa shape index (κ2) is 5.29. The zero-order chi connectivity index (χ0) is 14.1. The molecule has 2 heterocycles. The molecule has 1 aromatic heterocycles. The highest BCUT2D eigenvalue weighted by molar-refractivity contribution is 5.88. The number of fused-ring (bicyclic) bond motifs is 1. The number of aryl methyl sites for hydroxylation is 2. The van der Waals surface area contributed by atoms with Gasteiger partial charge in [0.05, 0.1) is 25.9 Å². The van der Waals surface area contributed by atoms with E-state index in [1.54, 1.807) is 6.26 Å². The molecule has 0 spiro atoms. The lowest BCUT2D eigenvalue weighted by Gasteiger charge is -2.26. The van der Waals surface area contributed by atoms with Crippen molar-refractivity contribution in [1.82, 2.24) is 4.90 Å². The summed E-state index contributed by atoms with van der Waals surface area (Å²) in [5, 5.41) is 1.05. The van der Waals surface area contributed by atoms with E-state index in [0.717, 1.165) is 16.5 Å². The number of furan rings is 1. The molecule has 4 nitrogen and oxygen atoms in total. The minimum Gasteiger partial charge on any atom is -0.464 e. The van der Waals surface area contributed by atoms with Gasteiger partial charge in [-0.3, -0.25) is 4.79 Å². The first-order chi connectivity index (χ1) is 9.65. The monoisotopic (exact) mass is 273 g/mol. The summed E-state index contributed by atoms with van der Waals surface area (Å²) in [4.78, 5) is 14.2. The molecule has 0 radical (unpaired) electrons. The quantitative estimate of drug-likeness (QED) is 0.844. The van der Waals surface area contributed by atoms with Crippen molar-refractivity contribution < 1.29 is 13.9 Å². The van der Waals surface area contributed by atoms with Crippen LogP contribution < -0.4 is 0 Å². The number of rotatable bonds is 2.